The Kier molecular flexibility index (Phi) is 3.28. The monoisotopic (exact) mass is 245 g/mol. The van der Waals surface area contributed by atoms with Crippen LogP contribution < -0.4 is 10.6 Å². The van der Waals surface area contributed by atoms with Crippen molar-refractivity contribution in [1.29, 1.82) is 0 Å². The predicted molar refractivity (Wildman–Crippen MR) is 74.8 cm³/mol. The molecule has 1 heterocycles. The minimum Gasteiger partial charge on any atom is -0.377 e. The van der Waals surface area contributed by atoms with E-state index in [4.69, 9.17) is 10.3 Å². The van der Waals surface area contributed by atoms with E-state index < -0.39 is 0 Å². The highest BCUT2D eigenvalue weighted by atomic mass is 16.5. The number of nitrogens with two attached hydrogens (primary N) is 1. The summed E-state index contributed by atoms with van der Waals surface area (Å²) >= 11 is 0. The molecule has 18 heavy (non-hydrogen) atoms. The minimum atomic E-state index is 0.360. The Balaban J connectivity index is 2.61. The van der Waals surface area contributed by atoms with Gasteiger partial charge in [-0.2, -0.15) is 0 Å². The zero-order valence-electron chi connectivity index (χ0n) is 11.3. The van der Waals surface area contributed by atoms with Crippen molar-refractivity contribution < 1.29 is 4.52 Å². The van der Waals surface area contributed by atoms with Crippen molar-refractivity contribution in [2.45, 2.75) is 19.8 Å². The Morgan fingerprint density at radius 1 is 1.22 bits per heavy atom. The summed E-state index contributed by atoms with van der Waals surface area (Å²) < 4.78 is 4.96. The highest BCUT2D eigenvalue weighted by Crippen LogP contribution is 2.35. The van der Waals surface area contributed by atoms with E-state index in [-0.39, 0.29) is 0 Å². The van der Waals surface area contributed by atoms with Gasteiger partial charge in [0.2, 0.25) is 5.88 Å². The number of anilines is 2. The number of hydrogen-bond acceptors (Lipinski definition) is 4. The summed E-state index contributed by atoms with van der Waals surface area (Å²) in [4.78, 5) is 2.06. The van der Waals surface area contributed by atoms with Gasteiger partial charge in [-0.1, -0.05) is 25.1 Å². The van der Waals surface area contributed by atoms with Gasteiger partial charge in [0, 0.05) is 25.3 Å². The highest BCUT2D eigenvalue weighted by Gasteiger charge is 2.14. The molecule has 2 N–H and O–H groups in total. The molecule has 2 rings (SSSR count). The molecule has 0 saturated carbocycles. The van der Waals surface area contributed by atoms with Gasteiger partial charge in [0.05, 0.1) is 11.8 Å². The second kappa shape index (κ2) is 4.72. The Morgan fingerprint density at radius 3 is 2.44 bits per heavy atom. The Hall–Kier alpha value is -1.97. The second-order valence-electron chi connectivity index (χ2n) is 4.93. The lowest BCUT2D eigenvalue weighted by Crippen LogP contribution is -2.10. The van der Waals surface area contributed by atoms with Crippen LogP contribution in [0.4, 0.5) is 11.6 Å². The molecule has 4 heteroatoms. The molecule has 0 saturated heterocycles. The first-order valence-corrected chi connectivity index (χ1v) is 6.02. The van der Waals surface area contributed by atoms with Crippen LogP contribution in [0, 0.1) is 0 Å². The van der Waals surface area contributed by atoms with E-state index in [0.717, 1.165) is 16.8 Å². The van der Waals surface area contributed by atoms with Crippen molar-refractivity contribution in [3.05, 3.63) is 30.0 Å². The zero-order chi connectivity index (χ0) is 13.3. The topological polar surface area (TPSA) is 55.3 Å². The van der Waals surface area contributed by atoms with Crippen LogP contribution in [0.3, 0.4) is 0 Å². The lowest BCUT2D eigenvalue weighted by Gasteiger charge is -2.19. The van der Waals surface area contributed by atoms with Crippen LogP contribution in [0.1, 0.15) is 25.3 Å². The van der Waals surface area contributed by atoms with E-state index >= 15 is 0 Å². The SMILES string of the molecule is CC(C)c1ccc(N(C)C)c(-c2cnoc2N)c1. The molecule has 0 atom stereocenters. The fraction of sp³-hybridized carbons (Fsp3) is 0.357. The lowest BCUT2D eigenvalue weighted by molar-refractivity contribution is 0.436. The summed E-state index contributed by atoms with van der Waals surface area (Å²) in [6.07, 6.45) is 1.67. The molecule has 1 aromatic carbocycles. The molecule has 0 aliphatic rings. The van der Waals surface area contributed by atoms with E-state index in [1.807, 2.05) is 14.1 Å². The molecule has 0 unspecified atom stereocenters. The highest BCUT2D eigenvalue weighted by molar-refractivity contribution is 5.83. The van der Waals surface area contributed by atoms with Crippen LogP contribution in [0.15, 0.2) is 28.9 Å². The van der Waals surface area contributed by atoms with Gasteiger partial charge in [-0.05, 0) is 23.6 Å². The van der Waals surface area contributed by atoms with Crippen molar-refractivity contribution in [2.24, 2.45) is 0 Å². The van der Waals surface area contributed by atoms with Gasteiger partial charge in [-0.15, -0.1) is 0 Å². The van der Waals surface area contributed by atoms with Gasteiger partial charge in [0.25, 0.3) is 0 Å². The van der Waals surface area contributed by atoms with Crippen molar-refractivity contribution in [3.63, 3.8) is 0 Å². The fourth-order valence-electron chi connectivity index (χ4n) is 1.97. The van der Waals surface area contributed by atoms with Gasteiger partial charge in [0.1, 0.15) is 0 Å². The molecule has 0 radical (unpaired) electrons. The van der Waals surface area contributed by atoms with Crippen molar-refractivity contribution in [3.8, 4) is 11.1 Å². The molecular weight excluding hydrogens is 226 g/mol. The Morgan fingerprint density at radius 2 is 1.94 bits per heavy atom. The first-order valence-electron chi connectivity index (χ1n) is 6.02. The van der Waals surface area contributed by atoms with Crippen LogP contribution >= 0.6 is 0 Å². The minimum absolute atomic E-state index is 0.360. The lowest BCUT2D eigenvalue weighted by atomic mass is 9.96. The standard InChI is InChI=1S/C14H19N3O/c1-9(2)10-5-6-13(17(3)4)11(7-10)12-8-16-18-14(12)15/h5-9H,15H2,1-4H3. The van der Waals surface area contributed by atoms with E-state index in [1.165, 1.54) is 5.56 Å². The Bertz CT molecular complexity index is 544. The summed E-state index contributed by atoms with van der Waals surface area (Å²) in [5.74, 6) is 0.833. The molecule has 2 aromatic rings. The molecular formula is C14H19N3O. The number of nitrogen functional groups attached to an aromatic ring is 1. The molecule has 0 fully saturated rings. The molecule has 0 spiro atoms. The van der Waals surface area contributed by atoms with Crippen LogP contribution in [0.2, 0.25) is 0 Å². The smallest absolute Gasteiger partial charge is 0.230 e. The number of rotatable bonds is 3. The van der Waals surface area contributed by atoms with Crippen LogP contribution in [0.25, 0.3) is 11.1 Å². The van der Waals surface area contributed by atoms with Gasteiger partial charge in [-0.25, -0.2) is 0 Å². The second-order valence-corrected chi connectivity index (χ2v) is 4.93. The van der Waals surface area contributed by atoms with Gasteiger partial charge >= 0.3 is 0 Å². The van der Waals surface area contributed by atoms with E-state index in [9.17, 15) is 0 Å². The number of benzene rings is 1. The van der Waals surface area contributed by atoms with Crippen LogP contribution in [-0.2, 0) is 0 Å². The Labute approximate surface area is 107 Å². The van der Waals surface area contributed by atoms with Gasteiger partial charge in [-0.3, -0.25) is 0 Å². The summed E-state index contributed by atoms with van der Waals surface area (Å²) in [5.41, 5.74) is 10.1. The summed E-state index contributed by atoms with van der Waals surface area (Å²) in [5, 5.41) is 3.75. The van der Waals surface area contributed by atoms with Crippen molar-refractivity contribution >= 4 is 11.6 Å². The summed E-state index contributed by atoms with van der Waals surface area (Å²) in [6.45, 7) is 4.34. The summed E-state index contributed by atoms with van der Waals surface area (Å²) in [6, 6.07) is 6.41. The average molecular weight is 245 g/mol. The molecule has 4 nitrogen and oxygen atoms in total. The first-order chi connectivity index (χ1) is 8.50. The van der Waals surface area contributed by atoms with Crippen LogP contribution in [-0.4, -0.2) is 19.3 Å². The third-order valence-electron chi connectivity index (χ3n) is 3.06. The average Bonchev–Trinajstić information content (AvgIpc) is 2.74. The van der Waals surface area contributed by atoms with E-state index in [2.05, 4.69) is 42.1 Å². The fourth-order valence-corrected chi connectivity index (χ4v) is 1.97. The maximum atomic E-state index is 5.82. The van der Waals surface area contributed by atoms with Crippen molar-refractivity contribution in [2.75, 3.05) is 24.7 Å². The van der Waals surface area contributed by atoms with E-state index in [0.29, 0.717) is 11.8 Å². The molecule has 0 aliphatic carbocycles. The number of hydrogen-bond donors (Lipinski definition) is 1. The van der Waals surface area contributed by atoms with E-state index in [1.54, 1.807) is 6.20 Å². The maximum Gasteiger partial charge on any atom is 0.230 e. The maximum absolute atomic E-state index is 5.82. The largest absolute Gasteiger partial charge is 0.377 e. The number of nitrogens with zero attached hydrogens (tertiary/aromatic N) is 2. The molecule has 96 valence electrons. The van der Waals surface area contributed by atoms with Gasteiger partial charge < -0.3 is 15.2 Å². The molecule has 0 amide bonds. The summed E-state index contributed by atoms with van der Waals surface area (Å²) in [7, 11) is 4.02. The third-order valence-corrected chi connectivity index (χ3v) is 3.06. The first kappa shape index (κ1) is 12.5. The van der Waals surface area contributed by atoms with Crippen LogP contribution in [0.5, 0.6) is 0 Å². The predicted octanol–water partition coefficient (Wildman–Crippen LogP) is 3.11. The molecule has 1 aromatic heterocycles. The zero-order valence-corrected chi connectivity index (χ0v) is 11.3. The normalized spacial score (nSPS) is 10.9. The van der Waals surface area contributed by atoms with Gasteiger partial charge in [0.15, 0.2) is 0 Å². The van der Waals surface area contributed by atoms with Crippen molar-refractivity contribution in [1.82, 2.24) is 5.16 Å². The molecule has 0 aliphatic heterocycles. The quantitative estimate of drug-likeness (QED) is 0.902. The number of aromatic nitrogens is 1. The molecule has 0 bridgehead atoms. The third kappa shape index (κ3) is 2.18.